The van der Waals surface area contributed by atoms with Crippen molar-refractivity contribution in [3.8, 4) is 0 Å². The highest BCUT2D eigenvalue weighted by molar-refractivity contribution is 5.85. The van der Waals surface area contributed by atoms with Gasteiger partial charge in [-0.15, -0.1) is 0 Å². The third-order valence-electron chi connectivity index (χ3n) is 10.3. The average Bonchev–Trinajstić information content (AvgIpc) is 3.03. The van der Waals surface area contributed by atoms with Crippen molar-refractivity contribution in [1.82, 2.24) is 5.32 Å². The molecule has 1 amide bonds. The highest BCUT2D eigenvalue weighted by Gasteiger charge is 2.84. The van der Waals surface area contributed by atoms with E-state index < -0.39 is 0 Å². The van der Waals surface area contributed by atoms with Gasteiger partial charge in [0.2, 0.25) is 5.91 Å². The number of amides is 1. The molecular weight excluding hydrogens is 375 g/mol. The molecule has 4 heteroatoms. The molecular formula is C26H35FN2O. The van der Waals surface area contributed by atoms with E-state index in [1.165, 1.54) is 12.0 Å². The van der Waals surface area contributed by atoms with Crippen LogP contribution in [0.5, 0.6) is 0 Å². The second kappa shape index (κ2) is 6.31. The van der Waals surface area contributed by atoms with Gasteiger partial charge in [0.1, 0.15) is 0 Å². The van der Waals surface area contributed by atoms with Gasteiger partial charge in [0.15, 0.2) is 0 Å². The van der Waals surface area contributed by atoms with E-state index in [4.69, 9.17) is 5.73 Å². The van der Waals surface area contributed by atoms with Crippen LogP contribution in [0.1, 0.15) is 76.2 Å². The van der Waals surface area contributed by atoms with Gasteiger partial charge in [-0.2, -0.15) is 0 Å². The molecule has 30 heavy (non-hydrogen) atoms. The van der Waals surface area contributed by atoms with Crippen LogP contribution in [0.3, 0.4) is 0 Å². The van der Waals surface area contributed by atoms with E-state index in [0.29, 0.717) is 24.3 Å². The van der Waals surface area contributed by atoms with Gasteiger partial charge in [-0.25, -0.2) is 0 Å². The minimum absolute atomic E-state index is 0.0704. The van der Waals surface area contributed by atoms with Crippen LogP contribution in [0.25, 0.3) is 0 Å². The molecule has 0 aliphatic heterocycles. The lowest BCUT2D eigenvalue weighted by Crippen LogP contribution is -2.62. The van der Waals surface area contributed by atoms with Crippen LogP contribution >= 0.6 is 0 Å². The van der Waals surface area contributed by atoms with Crippen molar-refractivity contribution in [2.24, 2.45) is 27.9 Å². The normalized spacial score (nSPS) is 48.3. The van der Waals surface area contributed by atoms with Crippen molar-refractivity contribution >= 4 is 5.91 Å². The number of benzene rings is 1. The molecule has 3 unspecified atom stereocenters. The molecule has 0 heterocycles. The zero-order valence-electron chi connectivity index (χ0n) is 18.0. The van der Waals surface area contributed by atoms with E-state index in [9.17, 15) is 9.18 Å². The zero-order chi connectivity index (χ0) is 20.6. The van der Waals surface area contributed by atoms with E-state index in [-0.39, 0.29) is 34.4 Å². The number of carbonyl (C=O) groups excluding carboxylic acids is 1. The van der Waals surface area contributed by atoms with Crippen molar-refractivity contribution in [2.75, 3.05) is 6.67 Å². The first kappa shape index (κ1) is 19.3. The zero-order valence-corrected chi connectivity index (χ0v) is 18.0. The van der Waals surface area contributed by atoms with Gasteiger partial charge in [-0.1, -0.05) is 30.3 Å². The largest absolute Gasteiger partial charge is 0.353 e. The Kier molecular flexibility index (Phi) is 4.05. The molecule has 1 aromatic rings. The third kappa shape index (κ3) is 2.27. The van der Waals surface area contributed by atoms with E-state index in [1.807, 2.05) is 0 Å². The number of alkyl halides is 1. The maximum absolute atomic E-state index is 13.8. The van der Waals surface area contributed by atoms with Crippen molar-refractivity contribution in [1.29, 1.82) is 0 Å². The second-order valence-electron chi connectivity index (χ2n) is 11.6. The Morgan fingerprint density at radius 2 is 1.80 bits per heavy atom. The summed E-state index contributed by atoms with van der Waals surface area (Å²) in [5.74, 6) is 0.886. The fourth-order valence-corrected chi connectivity index (χ4v) is 9.54. The molecule has 5 atom stereocenters. The predicted molar refractivity (Wildman–Crippen MR) is 116 cm³/mol. The number of hydrogen-bond donors (Lipinski definition) is 2. The molecule has 5 aliphatic carbocycles. The fraction of sp³-hybridized carbons (Fsp3) is 0.731. The Morgan fingerprint density at radius 3 is 2.53 bits per heavy atom. The van der Waals surface area contributed by atoms with Gasteiger partial charge in [0.25, 0.3) is 0 Å². The van der Waals surface area contributed by atoms with Gasteiger partial charge >= 0.3 is 0 Å². The van der Waals surface area contributed by atoms with Gasteiger partial charge in [0.05, 0.1) is 12.1 Å². The Morgan fingerprint density at radius 1 is 1.03 bits per heavy atom. The Balaban J connectivity index is 1.36. The molecule has 0 saturated heterocycles. The lowest BCUT2D eigenvalue weighted by molar-refractivity contribution is -0.139. The average molecular weight is 411 g/mol. The summed E-state index contributed by atoms with van der Waals surface area (Å²) in [5, 5.41) is 3.48. The highest BCUT2D eigenvalue weighted by Crippen LogP contribution is 2.89. The summed E-state index contributed by atoms with van der Waals surface area (Å²) in [5.41, 5.74) is 7.55. The first-order chi connectivity index (χ1) is 14.5. The molecule has 0 aromatic heterocycles. The molecule has 5 saturated carbocycles. The van der Waals surface area contributed by atoms with Gasteiger partial charge in [-0.3, -0.25) is 9.18 Å². The Hall–Kier alpha value is -1.42. The van der Waals surface area contributed by atoms with E-state index in [0.717, 1.165) is 57.8 Å². The molecule has 3 N–H and O–H groups in total. The summed E-state index contributed by atoms with van der Waals surface area (Å²) in [7, 11) is 0. The third-order valence-corrected chi connectivity index (χ3v) is 10.3. The van der Waals surface area contributed by atoms with Gasteiger partial charge < -0.3 is 11.1 Å². The molecule has 6 rings (SSSR count). The van der Waals surface area contributed by atoms with Crippen LogP contribution in [0.4, 0.5) is 4.39 Å². The molecule has 5 fully saturated rings. The molecule has 5 aliphatic rings. The molecule has 1 spiro atoms. The smallest absolute Gasteiger partial charge is 0.226 e. The summed E-state index contributed by atoms with van der Waals surface area (Å²) in [4.78, 5) is 13.8. The Bertz CT molecular complexity index is 852. The SMILES string of the molecule is NC1CCC(NC(=O)C23CC4CC5(C2)[C@](CCF)(C4)C[C@@]5(c2ccccc2)C3)CC1. The van der Waals surface area contributed by atoms with E-state index >= 15 is 0 Å². The van der Waals surface area contributed by atoms with Crippen LogP contribution in [0, 0.1) is 22.2 Å². The first-order valence-electron chi connectivity index (χ1n) is 12.1. The number of hydrogen-bond acceptors (Lipinski definition) is 2. The van der Waals surface area contributed by atoms with E-state index in [1.54, 1.807) is 0 Å². The topological polar surface area (TPSA) is 55.1 Å². The van der Waals surface area contributed by atoms with Gasteiger partial charge in [-0.05, 0) is 92.9 Å². The summed E-state index contributed by atoms with van der Waals surface area (Å²) in [6, 6.07) is 11.5. The van der Waals surface area contributed by atoms with Gasteiger partial charge in [0, 0.05) is 17.5 Å². The molecule has 1 aromatic carbocycles. The van der Waals surface area contributed by atoms with Crippen molar-refractivity contribution in [2.45, 2.75) is 88.1 Å². The van der Waals surface area contributed by atoms with Crippen molar-refractivity contribution in [3.63, 3.8) is 0 Å². The first-order valence-corrected chi connectivity index (χ1v) is 12.1. The van der Waals surface area contributed by atoms with E-state index in [2.05, 4.69) is 35.6 Å². The Labute approximate surface area is 179 Å². The second-order valence-corrected chi connectivity index (χ2v) is 11.6. The van der Waals surface area contributed by atoms with Crippen LogP contribution in [-0.4, -0.2) is 24.7 Å². The summed E-state index contributed by atoms with van der Waals surface area (Å²) < 4.78 is 13.7. The lowest BCUT2D eigenvalue weighted by atomic mass is 9.36. The van der Waals surface area contributed by atoms with Crippen LogP contribution in [-0.2, 0) is 10.2 Å². The minimum atomic E-state index is -0.257. The van der Waals surface area contributed by atoms with Crippen LogP contribution in [0.15, 0.2) is 30.3 Å². The summed E-state index contributed by atoms with van der Waals surface area (Å²) in [6.45, 7) is -0.221. The number of carbonyl (C=O) groups is 1. The van der Waals surface area contributed by atoms with Crippen molar-refractivity contribution in [3.05, 3.63) is 35.9 Å². The molecule has 0 radical (unpaired) electrons. The minimum Gasteiger partial charge on any atom is -0.353 e. The van der Waals surface area contributed by atoms with Crippen molar-refractivity contribution < 1.29 is 9.18 Å². The maximum atomic E-state index is 13.8. The summed E-state index contributed by atoms with van der Waals surface area (Å²) >= 11 is 0. The standard InChI is InChI=1S/C26H35FN2O/c27-11-10-24-13-18-12-23(22(30)29-21-8-6-20(28)7-9-21)15-25(17-24,26(24,14-18)16-23)19-4-2-1-3-5-19/h1-5,18,20-21H,6-17,28H2,(H,29,30)/t18?,20?,21?,23?,24-,25-,26?/m1/s1. The fourth-order valence-electron chi connectivity index (χ4n) is 9.54. The lowest BCUT2D eigenvalue weighted by Gasteiger charge is -2.67. The molecule has 162 valence electrons. The molecule has 3 nitrogen and oxygen atoms in total. The predicted octanol–water partition coefficient (Wildman–Crippen LogP) is 4.64. The highest BCUT2D eigenvalue weighted by atomic mass is 19.1. The number of rotatable bonds is 5. The monoisotopic (exact) mass is 410 g/mol. The quantitative estimate of drug-likeness (QED) is 0.743. The molecule has 3 bridgehead atoms. The number of fused-ring (bicyclic) bond motifs is 2. The summed E-state index contributed by atoms with van der Waals surface area (Å²) in [6.07, 6.45) is 11.1. The number of nitrogens with two attached hydrogens (primary N) is 1. The number of halogens is 1. The number of nitrogens with one attached hydrogen (secondary N) is 1. The van der Waals surface area contributed by atoms with Crippen LogP contribution in [0.2, 0.25) is 0 Å². The van der Waals surface area contributed by atoms with Crippen LogP contribution < -0.4 is 11.1 Å². The maximum Gasteiger partial charge on any atom is 0.226 e.